The molecule has 2 aromatic rings. The molecular formula is C17H23ClN6O. The van der Waals surface area contributed by atoms with Crippen molar-refractivity contribution in [1.82, 2.24) is 25.5 Å². The third-order valence-electron chi connectivity index (χ3n) is 3.93. The molecule has 0 radical (unpaired) electrons. The van der Waals surface area contributed by atoms with Crippen molar-refractivity contribution in [3.05, 3.63) is 23.4 Å². The molecule has 2 aromatic heterocycles. The predicted octanol–water partition coefficient (Wildman–Crippen LogP) is 2.56. The van der Waals surface area contributed by atoms with E-state index in [1.54, 1.807) is 18.3 Å². The van der Waals surface area contributed by atoms with Gasteiger partial charge in [-0.1, -0.05) is 11.6 Å². The first kappa shape index (κ1) is 17.8. The monoisotopic (exact) mass is 362 g/mol. The minimum absolute atomic E-state index is 0.100. The number of pyridine rings is 1. The molecule has 1 aliphatic rings. The van der Waals surface area contributed by atoms with Crippen LogP contribution in [-0.2, 0) is 0 Å². The molecule has 0 bridgehead atoms. The van der Waals surface area contributed by atoms with E-state index in [2.05, 4.69) is 51.2 Å². The molecule has 3 heterocycles. The molecule has 8 heteroatoms. The molecule has 1 atom stereocenters. The number of hydrogen-bond donors (Lipinski definition) is 1. The molecule has 1 fully saturated rings. The van der Waals surface area contributed by atoms with Crippen molar-refractivity contribution >= 4 is 17.5 Å². The van der Waals surface area contributed by atoms with Crippen LogP contribution in [0.5, 0.6) is 5.88 Å². The fraction of sp³-hybridized carbons (Fsp3) is 0.529. The highest BCUT2D eigenvalue weighted by molar-refractivity contribution is 6.31. The third kappa shape index (κ3) is 4.35. The summed E-state index contributed by atoms with van der Waals surface area (Å²) >= 11 is 6.00. The number of anilines is 1. The molecule has 0 aromatic carbocycles. The summed E-state index contributed by atoms with van der Waals surface area (Å²) in [5, 5.41) is 12.6. The van der Waals surface area contributed by atoms with E-state index in [1.807, 2.05) is 0 Å². The number of nitrogens with zero attached hydrogens (tertiary/aromatic N) is 5. The van der Waals surface area contributed by atoms with Crippen LogP contribution in [0, 0.1) is 0 Å². The van der Waals surface area contributed by atoms with Gasteiger partial charge in [-0.2, -0.15) is 0 Å². The number of rotatable bonds is 4. The highest BCUT2D eigenvalue weighted by atomic mass is 35.5. The predicted molar refractivity (Wildman–Crippen MR) is 98.1 cm³/mol. The van der Waals surface area contributed by atoms with Crippen LogP contribution in [0.1, 0.15) is 27.2 Å². The van der Waals surface area contributed by atoms with Crippen molar-refractivity contribution in [2.75, 3.05) is 25.1 Å². The lowest BCUT2D eigenvalue weighted by atomic mass is 10.1. The first-order chi connectivity index (χ1) is 11.9. The summed E-state index contributed by atoms with van der Waals surface area (Å²) in [4.78, 5) is 10.9. The lowest BCUT2D eigenvalue weighted by Crippen LogP contribution is -2.45. The van der Waals surface area contributed by atoms with Crippen LogP contribution in [0.4, 0.5) is 5.95 Å². The van der Waals surface area contributed by atoms with Crippen molar-refractivity contribution in [2.45, 2.75) is 38.8 Å². The summed E-state index contributed by atoms with van der Waals surface area (Å²) in [5.41, 5.74) is 1.31. The number of aromatic nitrogens is 4. The lowest BCUT2D eigenvalue weighted by Gasteiger charge is -2.25. The van der Waals surface area contributed by atoms with E-state index in [0.29, 0.717) is 34.3 Å². The minimum atomic E-state index is 0.100. The summed E-state index contributed by atoms with van der Waals surface area (Å²) in [7, 11) is 1.53. The van der Waals surface area contributed by atoms with Gasteiger partial charge in [-0.05, 0) is 39.3 Å². The highest BCUT2D eigenvalue weighted by Crippen LogP contribution is 2.25. The zero-order valence-corrected chi connectivity index (χ0v) is 15.7. The topological polar surface area (TPSA) is 76.1 Å². The summed E-state index contributed by atoms with van der Waals surface area (Å²) in [6, 6.07) is 3.93. The van der Waals surface area contributed by atoms with E-state index in [-0.39, 0.29) is 5.54 Å². The van der Waals surface area contributed by atoms with Crippen LogP contribution >= 0.6 is 11.6 Å². The Morgan fingerprint density at radius 1 is 1.24 bits per heavy atom. The molecule has 1 N–H and O–H groups in total. The number of hydrogen-bond acceptors (Lipinski definition) is 7. The number of nitrogens with one attached hydrogen (secondary N) is 1. The fourth-order valence-electron chi connectivity index (χ4n) is 2.91. The Bertz CT molecular complexity index is 731. The van der Waals surface area contributed by atoms with E-state index in [9.17, 15) is 0 Å². The van der Waals surface area contributed by atoms with Gasteiger partial charge in [0.25, 0.3) is 0 Å². The van der Waals surface area contributed by atoms with Crippen molar-refractivity contribution in [3.63, 3.8) is 0 Å². The first-order valence-corrected chi connectivity index (χ1v) is 8.67. The van der Waals surface area contributed by atoms with Gasteiger partial charge in [0.15, 0.2) is 0 Å². The molecule has 0 saturated carbocycles. The van der Waals surface area contributed by atoms with Gasteiger partial charge in [-0.15, -0.1) is 10.2 Å². The van der Waals surface area contributed by atoms with Crippen molar-refractivity contribution in [1.29, 1.82) is 0 Å². The smallest absolute Gasteiger partial charge is 0.245 e. The van der Waals surface area contributed by atoms with E-state index >= 15 is 0 Å². The van der Waals surface area contributed by atoms with Crippen LogP contribution in [0.25, 0.3) is 11.4 Å². The quantitative estimate of drug-likeness (QED) is 0.895. The highest BCUT2D eigenvalue weighted by Gasteiger charge is 2.27. The standard InChI is InChI=1S/C17H23ClN6O/c1-17(2,3)21-11-7-8-24(10-11)16-19-9-14(22-23-16)13-6-5-12(18)15(20-13)25-4/h5-6,9,11,21H,7-8,10H2,1-4H3/t11-/m0/s1. The Labute approximate surface area is 152 Å². The normalized spacial score (nSPS) is 17.8. The average molecular weight is 363 g/mol. The molecule has 0 spiro atoms. The van der Waals surface area contributed by atoms with Crippen LogP contribution in [0.3, 0.4) is 0 Å². The summed E-state index contributed by atoms with van der Waals surface area (Å²) in [6.07, 6.45) is 2.75. The van der Waals surface area contributed by atoms with Gasteiger partial charge < -0.3 is 15.0 Å². The van der Waals surface area contributed by atoms with Gasteiger partial charge in [0.2, 0.25) is 11.8 Å². The molecule has 25 heavy (non-hydrogen) atoms. The molecule has 1 aliphatic heterocycles. The second-order valence-corrected chi connectivity index (χ2v) is 7.56. The number of ether oxygens (including phenoxy) is 1. The Morgan fingerprint density at radius 2 is 2.04 bits per heavy atom. The maximum Gasteiger partial charge on any atom is 0.245 e. The van der Waals surface area contributed by atoms with Crippen LogP contribution in [-0.4, -0.2) is 51.9 Å². The fourth-order valence-corrected chi connectivity index (χ4v) is 3.10. The molecule has 3 rings (SSSR count). The van der Waals surface area contributed by atoms with Gasteiger partial charge in [-0.3, -0.25) is 0 Å². The van der Waals surface area contributed by atoms with Gasteiger partial charge in [0, 0.05) is 24.7 Å². The zero-order chi connectivity index (χ0) is 18.0. The number of halogens is 1. The van der Waals surface area contributed by atoms with Crippen molar-refractivity contribution < 1.29 is 4.74 Å². The SMILES string of the molecule is COc1nc(-c2cnc(N3CC[C@H](NC(C)(C)C)C3)nn2)ccc1Cl. The van der Waals surface area contributed by atoms with E-state index in [0.717, 1.165) is 19.5 Å². The lowest BCUT2D eigenvalue weighted by molar-refractivity contribution is 0.373. The second kappa shape index (κ2) is 7.09. The van der Waals surface area contributed by atoms with E-state index in [1.165, 1.54) is 7.11 Å². The maximum atomic E-state index is 6.00. The van der Waals surface area contributed by atoms with Crippen molar-refractivity contribution in [2.24, 2.45) is 0 Å². The number of methoxy groups -OCH3 is 1. The molecule has 0 unspecified atom stereocenters. The summed E-state index contributed by atoms with van der Waals surface area (Å²) in [5.74, 6) is 1.00. The van der Waals surface area contributed by atoms with Gasteiger partial charge in [0.05, 0.1) is 19.0 Å². The van der Waals surface area contributed by atoms with E-state index < -0.39 is 0 Å². The molecule has 0 aliphatic carbocycles. The third-order valence-corrected chi connectivity index (χ3v) is 4.21. The average Bonchev–Trinajstić information content (AvgIpc) is 3.02. The summed E-state index contributed by atoms with van der Waals surface area (Å²) < 4.78 is 5.14. The minimum Gasteiger partial charge on any atom is -0.480 e. The molecule has 0 amide bonds. The van der Waals surface area contributed by atoms with Crippen LogP contribution in [0.15, 0.2) is 18.3 Å². The Kier molecular flexibility index (Phi) is 5.06. The van der Waals surface area contributed by atoms with Gasteiger partial charge in [0.1, 0.15) is 10.7 Å². The van der Waals surface area contributed by atoms with Crippen LogP contribution in [0.2, 0.25) is 5.02 Å². The van der Waals surface area contributed by atoms with Crippen molar-refractivity contribution in [3.8, 4) is 17.3 Å². The van der Waals surface area contributed by atoms with Crippen LogP contribution < -0.4 is 15.0 Å². The first-order valence-electron chi connectivity index (χ1n) is 8.29. The Balaban J connectivity index is 1.71. The Morgan fingerprint density at radius 3 is 2.68 bits per heavy atom. The Hall–Kier alpha value is -1.99. The molecular weight excluding hydrogens is 340 g/mol. The molecule has 7 nitrogen and oxygen atoms in total. The van der Waals surface area contributed by atoms with Gasteiger partial charge in [-0.25, -0.2) is 9.97 Å². The largest absolute Gasteiger partial charge is 0.480 e. The molecule has 134 valence electrons. The van der Waals surface area contributed by atoms with Gasteiger partial charge >= 0.3 is 0 Å². The zero-order valence-electron chi connectivity index (χ0n) is 15.0. The second-order valence-electron chi connectivity index (χ2n) is 7.16. The maximum absolute atomic E-state index is 6.00. The summed E-state index contributed by atoms with van der Waals surface area (Å²) in [6.45, 7) is 8.33. The molecule has 1 saturated heterocycles. The van der Waals surface area contributed by atoms with E-state index in [4.69, 9.17) is 16.3 Å².